The highest BCUT2D eigenvalue weighted by molar-refractivity contribution is 5.94. The van der Waals surface area contributed by atoms with Gasteiger partial charge in [0.1, 0.15) is 11.4 Å². The molecular formula is C19H14F4N2O3. The van der Waals surface area contributed by atoms with Crippen LogP contribution in [0, 0.1) is 5.82 Å². The van der Waals surface area contributed by atoms with Crippen molar-refractivity contribution in [3.8, 4) is 0 Å². The number of alkyl halides is 3. The predicted molar refractivity (Wildman–Crippen MR) is 92.5 cm³/mol. The fraction of sp³-hybridized carbons (Fsp3) is 0.211. The molecule has 9 heteroatoms. The lowest BCUT2D eigenvalue weighted by atomic mass is 10.1. The molecule has 1 aromatic carbocycles. The second-order valence-corrected chi connectivity index (χ2v) is 5.93. The van der Waals surface area contributed by atoms with E-state index in [1.165, 1.54) is 17.0 Å². The van der Waals surface area contributed by atoms with Crippen molar-refractivity contribution < 1.29 is 27.1 Å². The van der Waals surface area contributed by atoms with Gasteiger partial charge in [0.25, 0.3) is 0 Å². The summed E-state index contributed by atoms with van der Waals surface area (Å²) in [6.45, 7) is 1.56. The summed E-state index contributed by atoms with van der Waals surface area (Å²) in [5.41, 5.74) is -2.33. The van der Waals surface area contributed by atoms with Crippen molar-refractivity contribution in [1.29, 1.82) is 0 Å². The summed E-state index contributed by atoms with van der Waals surface area (Å²) >= 11 is 0. The third-order valence-electron chi connectivity index (χ3n) is 4.05. The lowest BCUT2D eigenvalue weighted by Gasteiger charge is -2.16. The Hall–Kier alpha value is -3.23. The zero-order valence-electron chi connectivity index (χ0n) is 14.6. The Labute approximate surface area is 156 Å². The smallest absolute Gasteiger partial charge is 0.419 e. The van der Waals surface area contributed by atoms with Gasteiger partial charge in [0.05, 0.1) is 17.7 Å². The van der Waals surface area contributed by atoms with Crippen molar-refractivity contribution in [3.63, 3.8) is 0 Å². The highest BCUT2D eigenvalue weighted by Gasteiger charge is 2.35. The number of pyridine rings is 2. The van der Waals surface area contributed by atoms with Crippen molar-refractivity contribution >= 4 is 16.9 Å². The molecule has 28 heavy (non-hydrogen) atoms. The van der Waals surface area contributed by atoms with Crippen LogP contribution in [0.5, 0.6) is 0 Å². The number of halogens is 4. The summed E-state index contributed by atoms with van der Waals surface area (Å²) < 4.78 is 59.5. The molecule has 0 saturated carbocycles. The molecule has 2 heterocycles. The number of nitrogens with zero attached hydrogens (tertiary/aromatic N) is 2. The maximum atomic E-state index is 14.0. The van der Waals surface area contributed by atoms with Crippen molar-refractivity contribution in [2.45, 2.75) is 19.6 Å². The number of ether oxygens (including phenoxy) is 1. The Balaban J connectivity index is 2.31. The maximum Gasteiger partial charge on any atom is 0.419 e. The molecule has 0 spiro atoms. The van der Waals surface area contributed by atoms with Gasteiger partial charge in [0, 0.05) is 30.5 Å². The Morgan fingerprint density at radius 3 is 2.64 bits per heavy atom. The van der Waals surface area contributed by atoms with Crippen LogP contribution in [0.25, 0.3) is 10.9 Å². The number of carbonyl (C=O) groups is 1. The second kappa shape index (κ2) is 7.41. The minimum Gasteiger partial charge on any atom is -0.462 e. The normalized spacial score (nSPS) is 11.6. The summed E-state index contributed by atoms with van der Waals surface area (Å²) in [5.74, 6) is -2.53. The third-order valence-corrected chi connectivity index (χ3v) is 4.05. The first kappa shape index (κ1) is 19.5. The largest absolute Gasteiger partial charge is 0.462 e. The van der Waals surface area contributed by atoms with Crippen LogP contribution in [0.4, 0.5) is 17.6 Å². The second-order valence-electron chi connectivity index (χ2n) is 5.93. The maximum absolute atomic E-state index is 14.0. The van der Waals surface area contributed by atoms with E-state index in [0.717, 1.165) is 6.20 Å². The minimum absolute atomic E-state index is 0.000286. The van der Waals surface area contributed by atoms with E-state index >= 15 is 0 Å². The first-order valence-corrected chi connectivity index (χ1v) is 8.22. The van der Waals surface area contributed by atoms with Gasteiger partial charge in [-0.3, -0.25) is 9.78 Å². The zero-order chi connectivity index (χ0) is 20.5. The number of benzene rings is 1. The molecular weight excluding hydrogens is 380 g/mol. The Bertz CT molecular complexity index is 1090. The lowest BCUT2D eigenvalue weighted by Crippen LogP contribution is -2.22. The van der Waals surface area contributed by atoms with E-state index in [9.17, 15) is 27.2 Å². The van der Waals surface area contributed by atoms with E-state index in [-0.39, 0.29) is 24.1 Å². The molecule has 0 fully saturated rings. The van der Waals surface area contributed by atoms with Crippen LogP contribution in [0.3, 0.4) is 0 Å². The molecule has 3 rings (SSSR count). The number of hydrogen-bond acceptors (Lipinski definition) is 4. The van der Waals surface area contributed by atoms with E-state index in [1.807, 2.05) is 0 Å². The number of fused-ring (bicyclic) bond motifs is 1. The lowest BCUT2D eigenvalue weighted by molar-refractivity contribution is -0.139. The predicted octanol–water partition coefficient (Wildman–Crippen LogP) is 3.78. The van der Waals surface area contributed by atoms with Crippen LogP contribution < -0.4 is 5.43 Å². The first-order chi connectivity index (χ1) is 13.2. The minimum atomic E-state index is -4.94. The summed E-state index contributed by atoms with van der Waals surface area (Å²) in [5, 5.41) is -0.347. The van der Waals surface area contributed by atoms with Crippen LogP contribution in [-0.2, 0) is 17.5 Å². The number of aromatic nitrogens is 2. The topological polar surface area (TPSA) is 61.2 Å². The van der Waals surface area contributed by atoms with Crippen LogP contribution in [0.15, 0.2) is 47.7 Å². The molecule has 3 aromatic rings. The van der Waals surface area contributed by atoms with Crippen LogP contribution in [-0.4, -0.2) is 22.1 Å². The SMILES string of the molecule is CCOC(=O)c1cn(Cc2cccnc2)c2cc(C(F)(F)F)c(F)cc2c1=O. The molecule has 2 aromatic heterocycles. The van der Waals surface area contributed by atoms with E-state index < -0.39 is 34.5 Å². The molecule has 5 nitrogen and oxygen atoms in total. The summed E-state index contributed by atoms with van der Waals surface area (Å²) in [6.07, 6.45) is -0.808. The van der Waals surface area contributed by atoms with Gasteiger partial charge in [-0.15, -0.1) is 0 Å². The zero-order valence-corrected chi connectivity index (χ0v) is 14.6. The summed E-state index contributed by atoms with van der Waals surface area (Å²) in [6, 6.07) is 4.38. The van der Waals surface area contributed by atoms with Gasteiger partial charge in [-0.05, 0) is 30.7 Å². The Morgan fingerprint density at radius 1 is 1.29 bits per heavy atom. The average molecular weight is 394 g/mol. The summed E-state index contributed by atoms with van der Waals surface area (Å²) in [4.78, 5) is 28.6. The molecule has 0 amide bonds. The quantitative estimate of drug-likeness (QED) is 0.499. The van der Waals surface area contributed by atoms with Crippen molar-refractivity contribution in [2.75, 3.05) is 6.61 Å². The van der Waals surface area contributed by atoms with Crippen molar-refractivity contribution in [1.82, 2.24) is 9.55 Å². The molecule has 0 aliphatic heterocycles. The number of esters is 1. The van der Waals surface area contributed by atoms with Gasteiger partial charge in [0.15, 0.2) is 0 Å². The van der Waals surface area contributed by atoms with Gasteiger partial charge >= 0.3 is 12.1 Å². The fourth-order valence-electron chi connectivity index (χ4n) is 2.80. The van der Waals surface area contributed by atoms with Crippen LogP contribution in [0.2, 0.25) is 0 Å². The van der Waals surface area contributed by atoms with Gasteiger partial charge in [-0.1, -0.05) is 6.07 Å². The van der Waals surface area contributed by atoms with E-state index in [1.54, 1.807) is 19.1 Å². The van der Waals surface area contributed by atoms with Crippen LogP contribution in [0.1, 0.15) is 28.4 Å². The van der Waals surface area contributed by atoms with Gasteiger partial charge in [-0.25, -0.2) is 9.18 Å². The fourth-order valence-corrected chi connectivity index (χ4v) is 2.80. The van der Waals surface area contributed by atoms with E-state index in [2.05, 4.69) is 4.98 Å². The van der Waals surface area contributed by atoms with Gasteiger partial charge < -0.3 is 9.30 Å². The van der Waals surface area contributed by atoms with Gasteiger partial charge in [-0.2, -0.15) is 13.2 Å². The standard InChI is InChI=1S/C19H14F4N2O3/c1-2-28-18(27)13-10-25(9-11-4-3-5-24-8-11)16-7-14(19(21,22)23)15(20)6-12(16)17(13)26/h3-8,10H,2,9H2,1H3. The molecule has 146 valence electrons. The molecule has 0 aliphatic rings. The Morgan fingerprint density at radius 2 is 2.04 bits per heavy atom. The van der Waals surface area contributed by atoms with Crippen molar-refractivity contribution in [3.05, 3.63) is 75.6 Å². The number of carbonyl (C=O) groups excluding carboxylic acids is 1. The Kier molecular flexibility index (Phi) is 5.17. The monoisotopic (exact) mass is 394 g/mol. The third kappa shape index (κ3) is 3.73. The molecule has 0 N–H and O–H groups in total. The highest BCUT2D eigenvalue weighted by atomic mass is 19.4. The van der Waals surface area contributed by atoms with Crippen molar-refractivity contribution in [2.24, 2.45) is 0 Å². The molecule has 0 unspecified atom stereocenters. The highest BCUT2D eigenvalue weighted by Crippen LogP contribution is 2.33. The van der Waals surface area contributed by atoms with Crippen LogP contribution >= 0.6 is 0 Å². The molecule has 0 bridgehead atoms. The molecule has 0 atom stereocenters. The molecule has 0 aliphatic carbocycles. The van der Waals surface area contributed by atoms with E-state index in [4.69, 9.17) is 4.74 Å². The van der Waals surface area contributed by atoms with E-state index in [0.29, 0.717) is 17.7 Å². The first-order valence-electron chi connectivity index (χ1n) is 8.22. The average Bonchev–Trinajstić information content (AvgIpc) is 2.64. The number of hydrogen-bond donors (Lipinski definition) is 0. The molecule has 0 saturated heterocycles. The van der Waals surface area contributed by atoms with Gasteiger partial charge in [0.2, 0.25) is 5.43 Å². The number of rotatable bonds is 4. The molecule has 0 radical (unpaired) electrons. The summed E-state index contributed by atoms with van der Waals surface area (Å²) in [7, 11) is 0.